The number of rotatable bonds is 6. The molecule has 0 saturated heterocycles. The second-order valence-corrected chi connectivity index (χ2v) is 4.37. The molecule has 0 aromatic heterocycles. The highest BCUT2D eigenvalue weighted by atomic mass is 35.5. The van der Waals surface area contributed by atoms with E-state index in [2.05, 4.69) is 10.6 Å². The van der Waals surface area contributed by atoms with Crippen LogP contribution in [-0.2, 0) is 9.59 Å². The van der Waals surface area contributed by atoms with E-state index in [1.165, 1.54) is 0 Å². The molecule has 0 saturated carbocycles. The molecule has 1 aromatic rings. The fourth-order valence-corrected chi connectivity index (χ4v) is 1.55. The third kappa shape index (κ3) is 5.61. The average Bonchev–Trinajstić information content (AvgIpc) is 2.38. The van der Waals surface area contributed by atoms with Gasteiger partial charge in [-0.2, -0.15) is 0 Å². The maximum absolute atomic E-state index is 11.7. The minimum Gasteiger partial charge on any atom is -0.481 e. The molecule has 0 radical (unpaired) electrons. The Kier molecular flexibility index (Phi) is 6.15. The summed E-state index contributed by atoms with van der Waals surface area (Å²) in [6.45, 7) is 1.91. The Morgan fingerprint density at radius 3 is 2.79 bits per heavy atom. The molecule has 104 valence electrons. The minimum atomic E-state index is -0.650. The number of carbonyl (C=O) groups excluding carboxylic acids is 2. The van der Waals surface area contributed by atoms with Gasteiger partial charge in [-0.1, -0.05) is 17.7 Å². The molecule has 2 amide bonds. The summed E-state index contributed by atoms with van der Waals surface area (Å²) in [4.78, 5) is 22.7. The molecule has 0 fully saturated rings. The molecule has 0 aliphatic carbocycles. The molecule has 6 heteroatoms. The van der Waals surface area contributed by atoms with Crippen LogP contribution in [-0.4, -0.2) is 31.5 Å². The van der Waals surface area contributed by atoms with Crippen molar-refractivity contribution in [3.05, 3.63) is 29.3 Å². The maximum Gasteiger partial charge on any atom is 0.260 e. The summed E-state index contributed by atoms with van der Waals surface area (Å²) in [5.74, 6) is 0.133. The van der Waals surface area contributed by atoms with Gasteiger partial charge >= 0.3 is 0 Å². The lowest BCUT2D eigenvalue weighted by Crippen LogP contribution is -2.38. The Morgan fingerprint density at radius 2 is 2.16 bits per heavy atom. The first-order valence-corrected chi connectivity index (χ1v) is 6.31. The smallest absolute Gasteiger partial charge is 0.260 e. The van der Waals surface area contributed by atoms with Gasteiger partial charge in [0.05, 0.1) is 0 Å². The monoisotopic (exact) mass is 284 g/mol. The predicted molar refractivity (Wildman–Crippen MR) is 73.2 cm³/mol. The highest BCUT2D eigenvalue weighted by Gasteiger charge is 2.14. The van der Waals surface area contributed by atoms with Crippen LogP contribution in [0.15, 0.2) is 24.3 Å². The van der Waals surface area contributed by atoms with Gasteiger partial charge in [0.25, 0.3) is 5.91 Å². The van der Waals surface area contributed by atoms with E-state index in [4.69, 9.17) is 16.3 Å². The van der Waals surface area contributed by atoms with E-state index in [0.717, 1.165) is 0 Å². The zero-order chi connectivity index (χ0) is 14.3. The van der Waals surface area contributed by atoms with Gasteiger partial charge in [-0.25, -0.2) is 0 Å². The van der Waals surface area contributed by atoms with Crippen molar-refractivity contribution in [3.63, 3.8) is 0 Å². The number of ether oxygens (including phenoxy) is 1. The molecule has 0 aliphatic rings. The highest BCUT2D eigenvalue weighted by molar-refractivity contribution is 6.30. The van der Waals surface area contributed by atoms with Gasteiger partial charge in [-0.15, -0.1) is 0 Å². The minimum absolute atomic E-state index is 0.122. The molecule has 1 atom stereocenters. The molecule has 1 aromatic carbocycles. The van der Waals surface area contributed by atoms with Gasteiger partial charge in [-0.05, 0) is 25.1 Å². The van der Waals surface area contributed by atoms with Crippen molar-refractivity contribution in [3.8, 4) is 5.75 Å². The predicted octanol–water partition coefficient (Wildman–Crippen LogP) is 1.36. The van der Waals surface area contributed by atoms with E-state index in [9.17, 15) is 9.59 Å². The first-order valence-electron chi connectivity index (χ1n) is 5.93. The quantitative estimate of drug-likeness (QED) is 0.829. The molecule has 0 spiro atoms. The summed E-state index contributed by atoms with van der Waals surface area (Å²) < 4.78 is 5.44. The third-order valence-corrected chi connectivity index (χ3v) is 2.64. The summed E-state index contributed by atoms with van der Waals surface area (Å²) in [6.07, 6.45) is -0.408. The van der Waals surface area contributed by atoms with Crippen molar-refractivity contribution in [2.24, 2.45) is 0 Å². The molecular weight excluding hydrogens is 268 g/mol. The van der Waals surface area contributed by atoms with Crippen LogP contribution in [0, 0.1) is 0 Å². The van der Waals surface area contributed by atoms with Gasteiger partial charge < -0.3 is 15.4 Å². The number of carbonyl (C=O) groups is 2. The Balaban J connectivity index is 2.38. The van der Waals surface area contributed by atoms with Gasteiger partial charge in [0.1, 0.15) is 5.75 Å². The van der Waals surface area contributed by atoms with Crippen LogP contribution in [0.5, 0.6) is 5.75 Å². The number of hydrogen-bond donors (Lipinski definition) is 2. The first kappa shape index (κ1) is 15.3. The van der Waals surface area contributed by atoms with Gasteiger partial charge in [0.15, 0.2) is 6.10 Å². The van der Waals surface area contributed by atoms with Crippen LogP contribution >= 0.6 is 11.6 Å². The third-order valence-electron chi connectivity index (χ3n) is 2.41. The Hall–Kier alpha value is -1.75. The summed E-state index contributed by atoms with van der Waals surface area (Å²) in [5, 5.41) is 5.65. The van der Waals surface area contributed by atoms with Crippen molar-refractivity contribution >= 4 is 23.4 Å². The van der Waals surface area contributed by atoms with E-state index >= 15 is 0 Å². The van der Waals surface area contributed by atoms with Crippen LogP contribution in [0.2, 0.25) is 5.02 Å². The van der Waals surface area contributed by atoms with Crippen LogP contribution in [0.1, 0.15) is 13.3 Å². The van der Waals surface area contributed by atoms with Crippen molar-refractivity contribution in [1.82, 2.24) is 10.6 Å². The topological polar surface area (TPSA) is 67.4 Å². The van der Waals surface area contributed by atoms with Gasteiger partial charge in [0, 0.05) is 25.0 Å². The molecule has 0 heterocycles. The lowest BCUT2D eigenvalue weighted by molar-refractivity contribution is -0.127. The molecule has 19 heavy (non-hydrogen) atoms. The standard InChI is InChI=1S/C13H17ClN2O3/c1-9(13(18)16-7-6-12(17)15-2)19-11-5-3-4-10(14)8-11/h3-5,8-9H,6-7H2,1-2H3,(H,15,17)(H,16,18). The van der Waals surface area contributed by atoms with Crippen LogP contribution in [0.4, 0.5) is 0 Å². The molecule has 0 aliphatic heterocycles. The van der Waals surface area contributed by atoms with E-state index in [1.807, 2.05) is 0 Å². The fourth-order valence-electron chi connectivity index (χ4n) is 1.37. The summed E-state index contributed by atoms with van der Waals surface area (Å²) in [5.41, 5.74) is 0. The molecule has 1 rings (SSSR count). The zero-order valence-electron chi connectivity index (χ0n) is 10.9. The normalized spacial score (nSPS) is 11.5. The number of nitrogens with one attached hydrogen (secondary N) is 2. The lowest BCUT2D eigenvalue weighted by atomic mass is 10.3. The summed E-state index contributed by atoms with van der Waals surface area (Å²) in [6, 6.07) is 6.83. The number of benzene rings is 1. The van der Waals surface area contributed by atoms with Gasteiger partial charge in [0.2, 0.25) is 5.91 Å². The number of amides is 2. The molecule has 0 bridgehead atoms. The Bertz CT molecular complexity index is 451. The lowest BCUT2D eigenvalue weighted by Gasteiger charge is -2.14. The SMILES string of the molecule is CNC(=O)CCNC(=O)C(C)Oc1cccc(Cl)c1. The maximum atomic E-state index is 11.7. The molecular formula is C13H17ClN2O3. The van der Waals surface area contributed by atoms with Crippen LogP contribution in [0.25, 0.3) is 0 Å². The number of halogens is 1. The second kappa shape index (κ2) is 7.63. The highest BCUT2D eigenvalue weighted by Crippen LogP contribution is 2.18. The Morgan fingerprint density at radius 1 is 1.42 bits per heavy atom. The molecule has 1 unspecified atom stereocenters. The first-order chi connectivity index (χ1) is 9.02. The summed E-state index contributed by atoms with van der Waals surface area (Å²) >= 11 is 5.82. The van der Waals surface area contributed by atoms with E-state index in [1.54, 1.807) is 38.2 Å². The Labute approximate surface area is 117 Å². The zero-order valence-corrected chi connectivity index (χ0v) is 11.7. The van der Waals surface area contributed by atoms with Crippen molar-refractivity contribution in [2.45, 2.75) is 19.4 Å². The number of hydrogen-bond acceptors (Lipinski definition) is 3. The largest absolute Gasteiger partial charge is 0.481 e. The van der Waals surface area contributed by atoms with Crippen LogP contribution in [0.3, 0.4) is 0 Å². The van der Waals surface area contributed by atoms with E-state index < -0.39 is 6.10 Å². The summed E-state index contributed by atoms with van der Waals surface area (Å²) in [7, 11) is 1.55. The van der Waals surface area contributed by atoms with Crippen molar-refractivity contribution in [2.75, 3.05) is 13.6 Å². The van der Waals surface area contributed by atoms with E-state index in [0.29, 0.717) is 10.8 Å². The van der Waals surface area contributed by atoms with Crippen molar-refractivity contribution in [1.29, 1.82) is 0 Å². The van der Waals surface area contributed by atoms with Crippen LogP contribution < -0.4 is 15.4 Å². The fraction of sp³-hybridized carbons (Fsp3) is 0.385. The average molecular weight is 285 g/mol. The van der Waals surface area contributed by atoms with E-state index in [-0.39, 0.29) is 24.8 Å². The second-order valence-electron chi connectivity index (χ2n) is 3.93. The van der Waals surface area contributed by atoms with Gasteiger partial charge in [-0.3, -0.25) is 9.59 Å². The molecule has 5 nitrogen and oxygen atoms in total. The van der Waals surface area contributed by atoms with Crippen molar-refractivity contribution < 1.29 is 14.3 Å². The molecule has 2 N–H and O–H groups in total.